The van der Waals surface area contributed by atoms with E-state index in [9.17, 15) is 18.0 Å². The maximum atomic E-state index is 12.9. The monoisotopic (exact) mass is 422 g/mol. The van der Waals surface area contributed by atoms with Crippen LogP contribution in [0.1, 0.15) is 20.3 Å². The highest BCUT2D eigenvalue weighted by atomic mass is 19.4. The zero-order valence-corrected chi connectivity index (χ0v) is 17.0. The van der Waals surface area contributed by atoms with E-state index in [4.69, 9.17) is 0 Å². The molecule has 0 aliphatic rings. The van der Waals surface area contributed by atoms with Crippen molar-refractivity contribution in [3.8, 4) is 5.69 Å². The maximum absolute atomic E-state index is 12.9. The normalized spacial score (nSPS) is 12.1. The van der Waals surface area contributed by atoms with Crippen molar-refractivity contribution in [2.24, 2.45) is 0 Å². The Morgan fingerprint density at radius 3 is 2.40 bits per heavy atom. The number of nitrogens with zero attached hydrogens (tertiary/aromatic N) is 5. The first-order valence-electron chi connectivity index (χ1n) is 9.90. The molecule has 0 saturated heterocycles. The summed E-state index contributed by atoms with van der Waals surface area (Å²) in [6.45, 7) is 6.14. The fourth-order valence-electron chi connectivity index (χ4n) is 3.20. The third-order valence-corrected chi connectivity index (χ3v) is 4.97. The Morgan fingerprint density at radius 1 is 1.07 bits per heavy atom. The van der Waals surface area contributed by atoms with E-state index in [-0.39, 0.29) is 17.9 Å². The minimum atomic E-state index is -4.30. The lowest BCUT2D eigenvalue weighted by atomic mass is 10.3. The quantitative estimate of drug-likeness (QED) is 0.574. The van der Waals surface area contributed by atoms with Gasteiger partial charge in [-0.2, -0.15) is 23.3 Å². The Bertz CT molecular complexity index is 1010. The lowest BCUT2D eigenvalue weighted by Gasteiger charge is -2.27. The summed E-state index contributed by atoms with van der Waals surface area (Å²) in [5, 5.41) is 4.52. The minimum Gasteiger partial charge on any atom is -0.341 e. The Kier molecular flexibility index (Phi) is 6.76. The van der Waals surface area contributed by atoms with Gasteiger partial charge >= 0.3 is 6.18 Å². The SMILES string of the molecule is CCN(CC)CCN(CCC(F)(F)F)c1nc2c(cnn2-c2ccccc2)c(=O)[nH]1. The van der Waals surface area contributed by atoms with Crippen LogP contribution in [-0.2, 0) is 0 Å². The number of likely N-dealkylation sites (N-methyl/N-ethyl adjacent to an activating group) is 1. The second-order valence-corrected chi connectivity index (χ2v) is 6.90. The molecule has 0 aliphatic heterocycles. The first-order valence-corrected chi connectivity index (χ1v) is 9.90. The summed E-state index contributed by atoms with van der Waals surface area (Å²) >= 11 is 0. The number of hydrogen-bond donors (Lipinski definition) is 1. The molecule has 0 atom stereocenters. The maximum Gasteiger partial charge on any atom is 0.390 e. The van der Waals surface area contributed by atoms with Gasteiger partial charge in [0.05, 0.1) is 18.3 Å². The largest absolute Gasteiger partial charge is 0.390 e. The van der Waals surface area contributed by atoms with Crippen molar-refractivity contribution in [3.63, 3.8) is 0 Å². The van der Waals surface area contributed by atoms with Gasteiger partial charge in [0, 0.05) is 19.6 Å². The third kappa shape index (κ3) is 5.18. The summed E-state index contributed by atoms with van der Waals surface area (Å²) in [6.07, 6.45) is -3.89. The molecule has 0 unspecified atom stereocenters. The number of fused-ring (bicyclic) bond motifs is 1. The predicted molar refractivity (Wildman–Crippen MR) is 110 cm³/mol. The van der Waals surface area contributed by atoms with Crippen LogP contribution in [0.2, 0.25) is 0 Å². The van der Waals surface area contributed by atoms with Gasteiger partial charge in [0.1, 0.15) is 5.39 Å². The van der Waals surface area contributed by atoms with Gasteiger partial charge in [0.2, 0.25) is 5.95 Å². The van der Waals surface area contributed by atoms with Crippen molar-refractivity contribution in [1.82, 2.24) is 24.6 Å². The van der Waals surface area contributed by atoms with E-state index in [2.05, 4.69) is 20.0 Å². The highest BCUT2D eigenvalue weighted by Crippen LogP contribution is 2.22. The molecule has 0 saturated carbocycles. The molecule has 162 valence electrons. The molecular formula is C20H25F3N6O. The molecule has 10 heteroatoms. The lowest BCUT2D eigenvalue weighted by Crippen LogP contribution is -2.38. The van der Waals surface area contributed by atoms with Crippen LogP contribution in [0.4, 0.5) is 19.1 Å². The zero-order valence-electron chi connectivity index (χ0n) is 17.0. The third-order valence-electron chi connectivity index (χ3n) is 4.97. The molecule has 7 nitrogen and oxygen atoms in total. The number of halogens is 3. The molecule has 1 N–H and O–H groups in total. The molecule has 1 aromatic carbocycles. The molecule has 0 bridgehead atoms. The smallest absolute Gasteiger partial charge is 0.341 e. The van der Waals surface area contributed by atoms with E-state index in [1.807, 2.05) is 44.2 Å². The van der Waals surface area contributed by atoms with Crippen molar-refractivity contribution < 1.29 is 13.2 Å². The lowest BCUT2D eigenvalue weighted by molar-refractivity contribution is -0.132. The van der Waals surface area contributed by atoms with Crippen LogP contribution in [0.3, 0.4) is 0 Å². The Hall–Kier alpha value is -2.88. The summed E-state index contributed by atoms with van der Waals surface area (Å²) in [6, 6.07) is 9.15. The van der Waals surface area contributed by atoms with Gasteiger partial charge in [-0.1, -0.05) is 32.0 Å². The van der Waals surface area contributed by atoms with E-state index >= 15 is 0 Å². The van der Waals surface area contributed by atoms with Crippen molar-refractivity contribution in [3.05, 3.63) is 46.9 Å². The number of para-hydroxylation sites is 1. The van der Waals surface area contributed by atoms with Crippen molar-refractivity contribution in [2.75, 3.05) is 37.6 Å². The van der Waals surface area contributed by atoms with Crippen LogP contribution in [-0.4, -0.2) is 63.5 Å². The predicted octanol–water partition coefficient (Wildman–Crippen LogP) is 3.21. The number of aromatic nitrogens is 4. The number of H-pyrrole nitrogens is 1. The summed E-state index contributed by atoms with van der Waals surface area (Å²) in [5.74, 6) is 0.113. The summed E-state index contributed by atoms with van der Waals surface area (Å²) in [7, 11) is 0. The van der Waals surface area contributed by atoms with Gasteiger partial charge in [-0.05, 0) is 25.2 Å². The first-order chi connectivity index (χ1) is 14.3. The second kappa shape index (κ2) is 9.29. The minimum absolute atomic E-state index is 0.113. The van der Waals surface area contributed by atoms with Gasteiger partial charge in [0.25, 0.3) is 5.56 Å². The summed E-state index contributed by atoms with van der Waals surface area (Å²) < 4.78 is 40.2. The summed E-state index contributed by atoms with van der Waals surface area (Å²) in [5.41, 5.74) is 0.582. The van der Waals surface area contributed by atoms with Gasteiger partial charge in [-0.25, -0.2) is 4.68 Å². The number of anilines is 1. The van der Waals surface area contributed by atoms with Gasteiger partial charge in [-0.15, -0.1) is 0 Å². The Morgan fingerprint density at radius 2 is 1.77 bits per heavy atom. The van der Waals surface area contributed by atoms with Crippen LogP contribution in [0, 0.1) is 0 Å². The molecule has 30 heavy (non-hydrogen) atoms. The number of aromatic amines is 1. The van der Waals surface area contributed by atoms with Crippen LogP contribution in [0.15, 0.2) is 41.3 Å². The average Bonchev–Trinajstić information content (AvgIpc) is 3.15. The summed E-state index contributed by atoms with van der Waals surface area (Å²) in [4.78, 5) is 23.3. The fourth-order valence-corrected chi connectivity index (χ4v) is 3.20. The molecule has 2 aromatic heterocycles. The van der Waals surface area contributed by atoms with Gasteiger partial charge < -0.3 is 9.80 Å². The van der Waals surface area contributed by atoms with Crippen LogP contribution >= 0.6 is 0 Å². The molecule has 0 amide bonds. The van der Waals surface area contributed by atoms with E-state index in [1.54, 1.807) is 0 Å². The van der Waals surface area contributed by atoms with E-state index in [0.717, 1.165) is 13.1 Å². The highest BCUT2D eigenvalue weighted by molar-refractivity contribution is 5.76. The Balaban J connectivity index is 1.98. The molecule has 3 rings (SSSR count). The molecule has 0 fully saturated rings. The molecule has 3 aromatic rings. The second-order valence-electron chi connectivity index (χ2n) is 6.90. The molecule has 0 spiro atoms. The van der Waals surface area contributed by atoms with E-state index in [0.29, 0.717) is 24.4 Å². The average molecular weight is 422 g/mol. The van der Waals surface area contributed by atoms with Gasteiger partial charge in [-0.3, -0.25) is 9.78 Å². The number of benzene rings is 1. The zero-order chi connectivity index (χ0) is 21.7. The van der Waals surface area contributed by atoms with Crippen molar-refractivity contribution in [2.45, 2.75) is 26.4 Å². The number of alkyl halides is 3. The number of hydrogen-bond acceptors (Lipinski definition) is 5. The molecule has 0 radical (unpaired) electrons. The van der Waals surface area contributed by atoms with E-state index < -0.39 is 18.2 Å². The number of rotatable bonds is 9. The molecular weight excluding hydrogens is 397 g/mol. The Labute approximate surface area is 172 Å². The highest BCUT2D eigenvalue weighted by Gasteiger charge is 2.28. The van der Waals surface area contributed by atoms with Crippen molar-refractivity contribution >= 4 is 17.0 Å². The topological polar surface area (TPSA) is 70.1 Å². The molecule has 2 heterocycles. The first kappa shape index (κ1) is 21.8. The molecule has 0 aliphatic carbocycles. The van der Waals surface area contributed by atoms with Gasteiger partial charge in [0.15, 0.2) is 5.65 Å². The van der Waals surface area contributed by atoms with Crippen LogP contribution < -0.4 is 10.5 Å². The van der Waals surface area contributed by atoms with E-state index in [1.165, 1.54) is 15.8 Å². The van der Waals surface area contributed by atoms with Crippen molar-refractivity contribution in [1.29, 1.82) is 0 Å². The van der Waals surface area contributed by atoms with Crippen LogP contribution in [0.25, 0.3) is 16.7 Å². The fraction of sp³-hybridized carbons (Fsp3) is 0.450. The number of nitrogens with one attached hydrogen (secondary N) is 1. The van der Waals surface area contributed by atoms with Crippen LogP contribution in [0.5, 0.6) is 0 Å². The standard InChI is InChI=1S/C20H25F3N6O/c1-3-27(4-2)12-13-28(11-10-20(21,22)23)19-25-17-16(18(30)26-19)14-24-29(17)15-8-6-5-7-9-15/h5-9,14H,3-4,10-13H2,1-2H3,(H,25,26,30).